The first kappa shape index (κ1) is 28.5. The van der Waals surface area contributed by atoms with E-state index in [2.05, 4.69) is 20.8 Å². The van der Waals surface area contributed by atoms with E-state index in [-0.39, 0.29) is 35.0 Å². The number of aryl methyl sites for hydroxylation is 4. The minimum absolute atomic E-state index is 0.0244. The number of nitro groups is 1. The van der Waals surface area contributed by atoms with Crippen LogP contribution in [0.4, 0.5) is 11.4 Å². The van der Waals surface area contributed by atoms with E-state index in [1.54, 1.807) is 13.0 Å². The van der Waals surface area contributed by atoms with Gasteiger partial charge in [-0.15, -0.1) is 10.2 Å². The van der Waals surface area contributed by atoms with Crippen molar-refractivity contribution in [2.45, 2.75) is 46.3 Å². The Morgan fingerprint density at radius 3 is 2.38 bits per heavy atom. The monoisotopic (exact) mass is 558 g/mol. The van der Waals surface area contributed by atoms with Gasteiger partial charge in [-0.1, -0.05) is 42.1 Å². The fourth-order valence-electron chi connectivity index (χ4n) is 4.22. The summed E-state index contributed by atoms with van der Waals surface area (Å²) in [5.41, 5.74) is 5.99. The largest absolute Gasteiger partial charge is 0.345 e. The number of nitro benzene ring substituents is 1. The van der Waals surface area contributed by atoms with Crippen LogP contribution in [0.2, 0.25) is 0 Å². The smallest absolute Gasteiger partial charge is 0.273 e. The average Bonchev–Trinajstić information content (AvgIpc) is 3.32. The molecule has 4 aromatic rings. The Bertz CT molecular complexity index is 1610. The molecule has 40 heavy (non-hydrogen) atoms. The lowest BCUT2D eigenvalue weighted by Crippen LogP contribution is -2.25. The second-order valence-electron chi connectivity index (χ2n) is 9.57. The second kappa shape index (κ2) is 12.1. The molecule has 1 heterocycles. The molecule has 0 fully saturated rings. The van der Waals surface area contributed by atoms with E-state index in [0.29, 0.717) is 11.0 Å². The molecule has 0 aliphatic heterocycles. The predicted octanol–water partition coefficient (Wildman–Crippen LogP) is 5.38. The molecule has 0 aliphatic rings. The van der Waals surface area contributed by atoms with Gasteiger partial charge in [0, 0.05) is 22.9 Å². The molecule has 206 valence electrons. The van der Waals surface area contributed by atoms with Gasteiger partial charge in [0.2, 0.25) is 5.91 Å². The molecule has 0 saturated carbocycles. The van der Waals surface area contributed by atoms with Crippen LogP contribution in [0.25, 0.3) is 5.69 Å². The lowest BCUT2D eigenvalue weighted by Gasteiger charge is -2.15. The summed E-state index contributed by atoms with van der Waals surface area (Å²) in [5, 5.41) is 26.2. The van der Waals surface area contributed by atoms with Gasteiger partial charge in [0.15, 0.2) is 11.0 Å². The Kier molecular flexibility index (Phi) is 8.64. The van der Waals surface area contributed by atoms with E-state index in [0.717, 1.165) is 33.6 Å². The number of hydrogen-bond acceptors (Lipinski definition) is 7. The summed E-state index contributed by atoms with van der Waals surface area (Å²) in [6.45, 7) is 9.42. The van der Waals surface area contributed by atoms with Gasteiger partial charge in [-0.2, -0.15) is 0 Å². The maximum Gasteiger partial charge on any atom is 0.273 e. The molecule has 0 unspecified atom stereocenters. The van der Waals surface area contributed by atoms with E-state index >= 15 is 0 Å². The first-order valence-corrected chi connectivity index (χ1v) is 13.6. The number of amides is 2. The van der Waals surface area contributed by atoms with Crippen molar-refractivity contribution < 1.29 is 14.5 Å². The number of aromatic nitrogens is 3. The van der Waals surface area contributed by atoms with Gasteiger partial charge in [-0.05, 0) is 75.1 Å². The number of thioether (sulfide) groups is 1. The molecule has 0 spiro atoms. The molecule has 1 aromatic heterocycles. The Balaban J connectivity index is 1.57. The van der Waals surface area contributed by atoms with Crippen molar-refractivity contribution in [3.05, 3.63) is 104 Å². The van der Waals surface area contributed by atoms with Crippen LogP contribution in [0, 0.1) is 44.7 Å². The fraction of sp³-hybridized carbons (Fsp3) is 0.241. The molecule has 2 N–H and O–H groups in total. The van der Waals surface area contributed by atoms with Gasteiger partial charge in [0.05, 0.1) is 22.9 Å². The van der Waals surface area contributed by atoms with Crippen LogP contribution >= 0.6 is 11.8 Å². The Morgan fingerprint density at radius 2 is 1.65 bits per heavy atom. The quantitative estimate of drug-likeness (QED) is 0.160. The summed E-state index contributed by atoms with van der Waals surface area (Å²) in [6.07, 6.45) is 0. The third-order valence-corrected chi connectivity index (χ3v) is 7.39. The predicted molar refractivity (Wildman–Crippen MR) is 155 cm³/mol. The normalized spacial score (nSPS) is 10.8. The van der Waals surface area contributed by atoms with Crippen LogP contribution in [0.3, 0.4) is 0 Å². The highest BCUT2D eigenvalue weighted by molar-refractivity contribution is 7.99. The number of carbonyl (C=O) groups excluding carboxylic acids is 2. The molecule has 0 atom stereocenters. The summed E-state index contributed by atoms with van der Waals surface area (Å²) in [6, 6.07) is 16.3. The van der Waals surface area contributed by atoms with Crippen LogP contribution in [0.15, 0.2) is 59.8 Å². The molecular formula is C29H30N6O4S. The minimum Gasteiger partial charge on any atom is -0.345 e. The van der Waals surface area contributed by atoms with Crippen LogP contribution in [0.5, 0.6) is 0 Å². The Hall–Kier alpha value is -4.51. The number of nitrogens with one attached hydrogen (secondary N) is 2. The molecule has 4 rings (SSSR count). The van der Waals surface area contributed by atoms with Gasteiger partial charge < -0.3 is 10.6 Å². The topological polar surface area (TPSA) is 132 Å². The molecule has 3 aromatic carbocycles. The summed E-state index contributed by atoms with van der Waals surface area (Å²) >= 11 is 1.24. The van der Waals surface area contributed by atoms with Crippen molar-refractivity contribution in [3.63, 3.8) is 0 Å². The van der Waals surface area contributed by atoms with Gasteiger partial charge in [0.1, 0.15) is 0 Å². The zero-order valence-electron chi connectivity index (χ0n) is 22.9. The molecule has 10 nitrogen and oxygen atoms in total. The van der Waals surface area contributed by atoms with Gasteiger partial charge >= 0.3 is 0 Å². The van der Waals surface area contributed by atoms with Crippen molar-refractivity contribution in [2.75, 3.05) is 11.1 Å². The van der Waals surface area contributed by atoms with Crippen molar-refractivity contribution in [2.24, 2.45) is 0 Å². The van der Waals surface area contributed by atoms with Gasteiger partial charge in [-0.25, -0.2) is 0 Å². The van der Waals surface area contributed by atoms with Crippen LogP contribution in [-0.4, -0.2) is 37.3 Å². The average molecular weight is 559 g/mol. The molecule has 0 saturated heterocycles. The third kappa shape index (κ3) is 6.37. The molecule has 11 heteroatoms. The lowest BCUT2D eigenvalue weighted by molar-refractivity contribution is -0.385. The lowest BCUT2D eigenvalue weighted by atomic mass is 10.1. The van der Waals surface area contributed by atoms with Crippen LogP contribution < -0.4 is 10.6 Å². The summed E-state index contributed by atoms with van der Waals surface area (Å²) in [5.74, 6) is -0.0677. The van der Waals surface area contributed by atoms with Crippen LogP contribution in [-0.2, 0) is 11.3 Å². The Labute approximate surface area is 236 Å². The van der Waals surface area contributed by atoms with E-state index in [1.807, 2.05) is 68.7 Å². The zero-order chi connectivity index (χ0) is 29.0. The van der Waals surface area contributed by atoms with E-state index < -0.39 is 10.8 Å². The maximum absolute atomic E-state index is 13.0. The van der Waals surface area contributed by atoms with Crippen molar-refractivity contribution in [1.82, 2.24) is 20.1 Å². The van der Waals surface area contributed by atoms with Crippen LogP contribution in [0.1, 0.15) is 44.0 Å². The van der Waals surface area contributed by atoms with Crippen molar-refractivity contribution >= 4 is 35.0 Å². The van der Waals surface area contributed by atoms with E-state index in [4.69, 9.17) is 0 Å². The van der Waals surface area contributed by atoms with E-state index in [9.17, 15) is 19.7 Å². The van der Waals surface area contributed by atoms with E-state index in [1.165, 1.54) is 23.9 Å². The standard InChI is InChI=1S/C29H30N6O4S/c1-17-9-11-19(3)23(13-17)31-27(36)16-40-29-33-32-26(34(29)25-14-18(2)10-12-20(25)4)15-30-28(37)22-7-6-8-24(21(22)5)35(38)39/h6-14H,15-16H2,1-5H3,(H,30,37)(H,31,36). The SMILES string of the molecule is Cc1ccc(C)c(NC(=O)CSc2nnc(CNC(=O)c3cccc([N+](=O)[O-])c3C)n2-c2cc(C)ccc2C)c1. The van der Waals surface area contributed by atoms with Gasteiger partial charge in [0.25, 0.3) is 11.6 Å². The second-order valence-corrected chi connectivity index (χ2v) is 10.5. The first-order valence-electron chi connectivity index (χ1n) is 12.6. The number of benzene rings is 3. The van der Waals surface area contributed by atoms with Crippen molar-refractivity contribution in [3.8, 4) is 5.69 Å². The summed E-state index contributed by atoms with van der Waals surface area (Å²) < 4.78 is 1.83. The number of anilines is 1. The molecule has 2 amide bonds. The third-order valence-electron chi connectivity index (χ3n) is 6.46. The molecule has 0 aliphatic carbocycles. The van der Waals surface area contributed by atoms with Crippen molar-refractivity contribution in [1.29, 1.82) is 0 Å². The first-order chi connectivity index (χ1) is 19.0. The maximum atomic E-state index is 13.0. The molecule has 0 radical (unpaired) electrons. The highest BCUT2D eigenvalue weighted by atomic mass is 32.2. The summed E-state index contributed by atoms with van der Waals surface area (Å²) in [4.78, 5) is 36.6. The van der Waals surface area contributed by atoms with Gasteiger partial charge in [-0.3, -0.25) is 24.3 Å². The number of nitrogens with zero attached hydrogens (tertiary/aromatic N) is 4. The number of carbonyl (C=O) groups is 2. The summed E-state index contributed by atoms with van der Waals surface area (Å²) in [7, 11) is 0. The molecular weight excluding hydrogens is 528 g/mol. The zero-order valence-corrected chi connectivity index (χ0v) is 23.8. The molecule has 0 bridgehead atoms. The minimum atomic E-state index is -0.511. The number of rotatable bonds is 9. The number of hydrogen-bond donors (Lipinski definition) is 2. The fourth-order valence-corrected chi connectivity index (χ4v) is 4.98. The Morgan fingerprint density at radius 1 is 0.950 bits per heavy atom. The highest BCUT2D eigenvalue weighted by Gasteiger charge is 2.21. The highest BCUT2D eigenvalue weighted by Crippen LogP contribution is 2.26.